The fourth-order valence-corrected chi connectivity index (χ4v) is 3.13. The van der Waals surface area contributed by atoms with Crippen molar-refractivity contribution in [1.82, 2.24) is 10.2 Å². The van der Waals surface area contributed by atoms with Gasteiger partial charge in [0.05, 0.1) is 14.2 Å². The minimum atomic E-state index is -0.868. The summed E-state index contributed by atoms with van der Waals surface area (Å²) >= 11 is 0. The van der Waals surface area contributed by atoms with Crippen molar-refractivity contribution in [3.63, 3.8) is 0 Å². The highest BCUT2D eigenvalue weighted by Crippen LogP contribution is 2.27. The number of amides is 2. The summed E-state index contributed by atoms with van der Waals surface area (Å²) in [5, 5.41) is 2.89. The Morgan fingerprint density at radius 1 is 0.964 bits per heavy atom. The molecule has 0 radical (unpaired) electrons. The topological polar surface area (TPSA) is 54.0 Å². The molecule has 1 N–H and O–H groups in total. The van der Waals surface area contributed by atoms with Gasteiger partial charge in [-0.05, 0) is 29.8 Å². The van der Waals surface area contributed by atoms with Crippen molar-refractivity contribution in [2.75, 3.05) is 45.3 Å². The lowest BCUT2D eigenvalue weighted by Gasteiger charge is -2.36. The lowest BCUT2D eigenvalue weighted by molar-refractivity contribution is 0.194. The number of nitrogens with zero attached hydrogens (tertiary/aromatic N) is 2. The maximum absolute atomic E-state index is 13.4. The van der Waals surface area contributed by atoms with Gasteiger partial charge in [-0.25, -0.2) is 13.6 Å². The summed E-state index contributed by atoms with van der Waals surface area (Å²) in [4.78, 5) is 16.1. The molecule has 1 aliphatic heterocycles. The normalized spacial score (nSPS) is 14.0. The molecule has 2 aromatic carbocycles. The minimum absolute atomic E-state index is 0.167. The number of rotatable bonds is 5. The number of hydrogen-bond acceptors (Lipinski definition) is 4. The smallest absolute Gasteiger partial charge is 0.317 e. The van der Waals surface area contributed by atoms with Gasteiger partial charge in [-0.3, -0.25) is 0 Å². The summed E-state index contributed by atoms with van der Waals surface area (Å²) in [6, 6.07) is 9.16. The Hall–Kier alpha value is -3.03. The Bertz CT molecular complexity index is 839. The van der Waals surface area contributed by atoms with E-state index in [0.717, 1.165) is 11.6 Å². The van der Waals surface area contributed by atoms with Gasteiger partial charge in [0.15, 0.2) is 23.1 Å². The molecule has 2 amide bonds. The molecule has 28 heavy (non-hydrogen) atoms. The van der Waals surface area contributed by atoms with Gasteiger partial charge in [0.25, 0.3) is 0 Å². The fourth-order valence-electron chi connectivity index (χ4n) is 3.13. The fraction of sp³-hybridized carbons (Fsp3) is 0.350. The van der Waals surface area contributed by atoms with Crippen LogP contribution in [-0.4, -0.2) is 51.3 Å². The largest absolute Gasteiger partial charge is 0.493 e. The Labute approximate surface area is 162 Å². The molecule has 1 heterocycles. The van der Waals surface area contributed by atoms with E-state index in [2.05, 4.69) is 5.32 Å². The molecule has 2 aromatic rings. The van der Waals surface area contributed by atoms with Gasteiger partial charge in [-0.1, -0.05) is 6.07 Å². The number of carbonyl (C=O) groups excluding carboxylic acids is 1. The number of hydrogen-bond donors (Lipinski definition) is 1. The zero-order valence-corrected chi connectivity index (χ0v) is 15.9. The monoisotopic (exact) mass is 391 g/mol. The van der Waals surface area contributed by atoms with Crippen LogP contribution in [0.3, 0.4) is 0 Å². The van der Waals surface area contributed by atoms with E-state index in [1.54, 1.807) is 31.3 Å². The van der Waals surface area contributed by atoms with Crippen LogP contribution in [0.4, 0.5) is 19.3 Å². The van der Waals surface area contributed by atoms with Crippen LogP contribution in [0.2, 0.25) is 0 Å². The number of anilines is 1. The first-order valence-corrected chi connectivity index (χ1v) is 8.95. The highest BCUT2D eigenvalue weighted by Gasteiger charge is 2.21. The quantitative estimate of drug-likeness (QED) is 0.851. The first-order valence-electron chi connectivity index (χ1n) is 8.95. The maximum atomic E-state index is 13.4. The summed E-state index contributed by atoms with van der Waals surface area (Å²) in [5.41, 5.74) is 1.51. The molecule has 0 unspecified atom stereocenters. The average molecular weight is 391 g/mol. The molecule has 3 rings (SSSR count). The number of urea groups is 1. The van der Waals surface area contributed by atoms with E-state index in [0.29, 0.717) is 49.9 Å². The van der Waals surface area contributed by atoms with Gasteiger partial charge in [0.2, 0.25) is 0 Å². The highest BCUT2D eigenvalue weighted by atomic mass is 19.2. The van der Waals surface area contributed by atoms with Crippen LogP contribution in [0.15, 0.2) is 36.4 Å². The second-order valence-corrected chi connectivity index (χ2v) is 6.42. The first-order chi connectivity index (χ1) is 13.5. The molecule has 6 nitrogen and oxygen atoms in total. The van der Waals surface area contributed by atoms with Crippen LogP contribution in [-0.2, 0) is 6.54 Å². The van der Waals surface area contributed by atoms with Crippen LogP contribution in [0.25, 0.3) is 0 Å². The molecule has 150 valence electrons. The number of carbonyl (C=O) groups is 1. The lowest BCUT2D eigenvalue weighted by atomic mass is 10.2. The second kappa shape index (κ2) is 8.77. The van der Waals surface area contributed by atoms with E-state index in [4.69, 9.17) is 9.47 Å². The number of ether oxygens (including phenoxy) is 2. The SMILES string of the molecule is COc1ccc(CNC(=O)N2CCN(c3ccc(F)c(F)c3)CC2)cc1OC. The number of halogens is 2. The van der Waals surface area contributed by atoms with Crippen molar-refractivity contribution >= 4 is 11.7 Å². The van der Waals surface area contributed by atoms with Crippen LogP contribution in [0.1, 0.15) is 5.56 Å². The first kappa shape index (κ1) is 19.7. The van der Waals surface area contributed by atoms with E-state index in [1.807, 2.05) is 17.0 Å². The van der Waals surface area contributed by atoms with Crippen molar-refractivity contribution in [2.24, 2.45) is 0 Å². The summed E-state index contributed by atoms with van der Waals surface area (Å²) in [7, 11) is 3.13. The van der Waals surface area contributed by atoms with E-state index < -0.39 is 11.6 Å². The van der Waals surface area contributed by atoms with Gasteiger partial charge in [-0.15, -0.1) is 0 Å². The second-order valence-electron chi connectivity index (χ2n) is 6.42. The number of nitrogens with one attached hydrogen (secondary N) is 1. The van der Waals surface area contributed by atoms with Gasteiger partial charge < -0.3 is 24.6 Å². The summed E-state index contributed by atoms with van der Waals surface area (Å²) in [6.07, 6.45) is 0. The molecular formula is C20H23F2N3O3. The van der Waals surface area contributed by atoms with Gasteiger partial charge >= 0.3 is 6.03 Å². The minimum Gasteiger partial charge on any atom is -0.493 e. The van der Waals surface area contributed by atoms with Crippen LogP contribution in [0.5, 0.6) is 11.5 Å². The van der Waals surface area contributed by atoms with E-state index in [9.17, 15) is 13.6 Å². The van der Waals surface area contributed by atoms with Crippen molar-refractivity contribution < 1.29 is 23.0 Å². The predicted molar refractivity (Wildman–Crippen MR) is 102 cm³/mol. The average Bonchev–Trinajstić information content (AvgIpc) is 2.73. The van der Waals surface area contributed by atoms with Crippen LogP contribution < -0.4 is 19.7 Å². The molecule has 0 bridgehead atoms. The lowest BCUT2D eigenvalue weighted by Crippen LogP contribution is -2.51. The van der Waals surface area contributed by atoms with Crippen molar-refractivity contribution in [1.29, 1.82) is 0 Å². The molecule has 0 aromatic heterocycles. The summed E-state index contributed by atoms with van der Waals surface area (Å²) < 4.78 is 37.0. The zero-order valence-electron chi connectivity index (χ0n) is 15.9. The van der Waals surface area contributed by atoms with Gasteiger partial charge in [0, 0.05) is 44.5 Å². The van der Waals surface area contributed by atoms with Crippen molar-refractivity contribution in [2.45, 2.75) is 6.54 Å². The van der Waals surface area contributed by atoms with Crippen LogP contribution >= 0.6 is 0 Å². The number of piperazine rings is 1. The third-order valence-corrected chi connectivity index (χ3v) is 4.73. The Morgan fingerprint density at radius 2 is 1.68 bits per heavy atom. The summed E-state index contributed by atoms with van der Waals surface area (Å²) in [6.45, 7) is 2.46. The number of methoxy groups -OCH3 is 2. The predicted octanol–water partition coefficient (Wildman–Crippen LogP) is 3.01. The van der Waals surface area contributed by atoms with E-state index in [1.165, 1.54) is 6.07 Å². The Morgan fingerprint density at radius 3 is 2.32 bits per heavy atom. The van der Waals surface area contributed by atoms with Gasteiger partial charge in [-0.2, -0.15) is 0 Å². The standard InChI is InChI=1S/C20H23F2N3O3/c1-27-18-6-3-14(11-19(18)28-2)13-23-20(26)25-9-7-24(8-10-25)15-4-5-16(21)17(22)12-15/h3-6,11-12H,7-10,13H2,1-2H3,(H,23,26). The zero-order chi connectivity index (χ0) is 20.1. The molecule has 1 aliphatic rings. The van der Waals surface area contributed by atoms with E-state index >= 15 is 0 Å². The summed E-state index contributed by atoms with van der Waals surface area (Å²) in [5.74, 6) is -0.496. The Kier molecular flexibility index (Phi) is 6.18. The molecule has 0 saturated carbocycles. The maximum Gasteiger partial charge on any atom is 0.317 e. The molecule has 0 spiro atoms. The van der Waals surface area contributed by atoms with Crippen molar-refractivity contribution in [3.8, 4) is 11.5 Å². The van der Waals surface area contributed by atoms with Crippen molar-refractivity contribution in [3.05, 3.63) is 53.6 Å². The number of benzene rings is 2. The third kappa shape index (κ3) is 4.44. The van der Waals surface area contributed by atoms with Crippen LogP contribution in [0, 0.1) is 11.6 Å². The molecule has 1 saturated heterocycles. The van der Waals surface area contributed by atoms with E-state index in [-0.39, 0.29) is 6.03 Å². The molecule has 8 heteroatoms. The third-order valence-electron chi connectivity index (χ3n) is 4.73. The van der Waals surface area contributed by atoms with Gasteiger partial charge in [0.1, 0.15) is 0 Å². The molecule has 1 fully saturated rings. The molecule has 0 aliphatic carbocycles. The highest BCUT2D eigenvalue weighted by molar-refractivity contribution is 5.74. The molecular weight excluding hydrogens is 368 g/mol. The molecule has 0 atom stereocenters. The Balaban J connectivity index is 1.52.